The highest BCUT2D eigenvalue weighted by Crippen LogP contribution is 2.25. The van der Waals surface area contributed by atoms with Gasteiger partial charge in [-0.2, -0.15) is 5.10 Å². The Morgan fingerprint density at radius 3 is 2.78 bits per heavy atom. The number of thiazole rings is 1. The van der Waals surface area contributed by atoms with Gasteiger partial charge in [0.2, 0.25) is 5.13 Å². The number of rotatable bonds is 6. The molecule has 0 saturated heterocycles. The fraction of sp³-hybridized carbons (Fsp3) is 0.231. The number of hydrogen-bond donors (Lipinski definition) is 4. The average molecular weight is 399 g/mol. The summed E-state index contributed by atoms with van der Waals surface area (Å²) in [5.41, 5.74) is 9.19. The molecule has 10 heteroatoms. The number of benzene rings is 1. The van der Waals surface area contributed by atoms with Gasteiger partial charge < -0.3 is 20.5 Å². The molecule has 5 N–H and O–H groups in total. The lowest BCUT2D eigenvalue weighted by Crippen LogP contribution is -2.33. The van der Waals surface area contributed by atoms with Gasteiger partial charge in [-0.05, 0) is 47.5 Å². The van der Waals surface area contributed by atoms with E-state index in [-0.39, 0.29) is 11.6 Å². The van der Waals surface area contributed by atoms with Gasteiger partial charge in [0.05, 0.1) is 16.8 Å². The second-order valence-corrected chi connectivity index (χ2v) is 6.62. The first kappa shape index (κ1) is 17.7. The SMILES string of the molecule is CC(C)Oc1c(Br)cc(C=NNc2nc(N)cs2)cc1B(O)O. The van der Waals surface area contributed by atoms with Crippen molar-refractivity contribution in [1.82, 2.24) is 4.98 Å². The van der Waals surface area contributed by atoms with Crippen LogP contribution in [-0.4, -0.2) is 34.5 Å². The first-order valence-corrected chi connectivity index (χ1v) is 8.40. The zero-order valence-electron chi connectivity index (χ0n) is 12.5. The lowest BCUT2D eigenvalue weighted by Gasteiger charge is -2.16. The standard InChI is InChI=1S/C13H16BBrN4O3S/c1-7(2)22-12-9(14(20)21)3-8(4-10(12)15)5-17-19-13-18-11(16)6-23-13/h3-7,20-21H,16H2,1-2H3,(H,18,19). The Labute approximate surface area is 146 Å². The normalized spacial score (nSPS) is 11.2. The third kappa shape index (κ3) is 4.93. The molecule has 0 spiro atoms. The molecule has 7 nitrogen and oxygen atoms in total. The van der Waals surface area contributed by atoms with Gasteiger partial charge in [0.15, 0.2) is 0 Å². The van der Waals surface area contributed by atoms with E-state index in [2.05, 4.69) is 31.4 Å². The van der Waals surface area contributed by atoms with Gasteiger partial charge in [0.1, 0.15) is 11.6 Å². The van der Waals surface area contributed by atoms with E-state index in [0.29, 0.717) is 26.7 Å². The minimum Gasteiger partial charge on any atom is -0.490 e. The Morgan fingerprint density at radius 2 is 2.22 bits per heavy atom. The molecule has 0 fully saturated rings. The van der Waals surface area contributed by atoms with Gasteiger partial charge in [0.25, 0.3) is 0 Å². The molecule has 0 aliphatic carbocycles. The number of nitrogens with two attached hydrogens (primary N) is 1. The molecular weight excluding hydrogens is 383 g/mol. The van der Waals surface area contributed by atoms with Crippen molar-refractivity contribution in [3.63, 3.8) is 0 Å². The van der Waals surface area contributed by atoms with E-state index in [9.17, 15) is 10.0 Å². The second kappa shape index (κ2) is 7.78. The Bertz CT molecular complexity index is 709. The Morgan fingerprint density at radius 1 is 1.48 bits per heavy atom. The first-order chi connectivity index (χ1) is 10.9. The van der Waals surface area contributed by atoms with E-state index in [0.717, 1.165) is 0 Å². The molecule has 0 bridgehead atoms. The van der Waals surface area contributed by atoms with Crippen LogP contribution in [0.2, 0.25) is 0 Å². The van der Waals surface area contributed by atoms with Crippen LogP contribution < -0.4 is 21.4 Å². The summed E-state index contributed by atoms with van der Waals surface area (Å²) >= 11 is 4.71. The Kier molecular flexibility index (Phi) is 6.00. The number of hydrazone groups is 1. The van der Waals surface area contributed by atoms with Crippen LogP contribution in [0.1, 0.15) is 19.4 Å². The zero-order chi connectivity index (χ0) is 17.0. The van der Waals surface area contributed by atoms with Gasteiger partial charge >= 0.3 is 7.12 Å². The number of halogens is 1. The summed E-state index contributed by atoms with van der Waals surface area (Å²) in [5.74, 6) is 0.823. The van der Waals surface area contributed by atoms with E-state index in [4.69, 9.17) is 10.5 Å². The molecule has 0 atom stereocenters. The third-order valence-corrected chi connectivity index (χ3v) is 3.98. The predicted molar refractivity (Wildman–Crippen MR) is 97.5 cm³/mol. The van der Waals surface area contributed by atoms with Crippen molar-refractivity contribution >= 4 is 57.0 Å². The van der Waals surface area contributed by atoms with Crippen LogP contribution in [0.4, 0.5) is 10.9 Å². The van der Waals surface area contributed by atoms with E-state index < -0.39 is 7.12 Å². The van der Waals surface area contributed by atoms with Gasteiger partial charge in [-0.1, -0.05) is 0 Å². The monoisotopic (exact) mass is 398 g/mol. The Hall–Kier alpha value is -1.62. The van der Waals surface area contributed by atoms with E-state index >= 15 is 0 Å². The number of aromatic nitrogens is 1. The molecule has 0 aliphatic rings. The lowest BCUT2D eigenvalue weighted by atomic mass is 9.78. The number of nitrogen functional groups attached to an aromatic ring is 1. The van der Waals surface area contributed by atoms with Crippen molar-refractivity contribution in [1.29, 1.82) is 0 Å². The van der Waals surface area contributed by atoms with E-state index in [1.165, 1.54) is 17.6 Å². The number of ether oxygens (including phenoxy) is 1. The highest BCUT2D eigenvalue weighted by molar-refractivity contribution is 9.10. The minimum absolute atomic E-state index is 0.0969. The molecule has 0 aliphatic heterocycles. The van der Waals surface area contributed by atoms with Crippen LogP contribution in [0.25, 0.3) is 0 Å². The summed E-state index contributed by atoms with van der Waals surface area (Å²) in [5, 5.41) is 25.4. The van der Waals surface area contributed by atoms with Crippen LogP contribution >= 0.6 is 27.3 Å². The van der Waals surface area contributed by atoms with Gasteiger partial charge in [-0.25, -0.2) is 4.98 Å². The summed E-state index contributed by atoms with van der Waals surface area (Å²) < 4.78 is 6.23. The predicted octanol–water partition coefficient (Wildman–Crippen LogP) is 1.40. The van der Waals surface area contributed by atoms with Gasteiger partial charge in [-0.15, -0.1) is 11.3 Å². The van der Waals surface area contributed by atoms with Crippen molar-refractivity contribution < 1.29 is 14.8 Å². The van der Waals surface area contributed by atoms with E-state index in [1.54, 1.807) is 17.5 Å². The fourth-order valence-corrected chi connectivity index (χ4v) is 2.90. The topological polar surface area (TPSA) is 113 Å². The van der Waals surface area contributed by atoms with Crippen molar-refractivity contribution in [3.8, 4) is 5.75 Å². The van der Waals surface area contributed by atoms with Gasteiger partial charge in [0, 0.05) is 10.8 Å². The van der Waals surface area contributed by atoms with Crippen LogP contribution in [0, 0.1) is 0 Å². The summed E-state index contributed by atoms with van der Waals surface area (Å²) in [6.07, 6.45) is 1.44. The molecule has 0 saturated carbocycles. The maximum absolute atomic E-state index is 9.54. The largest absolute Gasteiger partial charge is 0.492 e. The van der Waals surface area contributed by atoms with Crippen molar-refractivity contribution in [2.24, 2.45) is 5.10 Å². The smallest absolute Gasteiger partial charge is 0.490 e. The second-order valence-electron chi connectivity index (χ2n) is 4.91. The number of hydrogen-bond acceptors (Lipinski definition) is 8. The van der Waals surface area contributed by atoms with Crippen molar-refractivity contribution in [2.45, 2.75) is 20.0 Å². The lowest BCUT2D eigenvalue weighted by molar-refractivity contribution is 0.242. The number of nitrogens with one attached hydrogen (secondary N) is 1. The molecule has 23 heavy (non-hydrogen) atoms. The maximum Gasteiger partial charge on any atom is 0.492 e. The fourth-order valence-electron chi connectivity index (χ4n) is 1.76. The highest BCUT2D eigenvalue weighted by atomic mass is 79.9. The summed E-state index contributed by atoms with van der Waals surface area (Å²) in [6.45, 7) is 3.72. The van der Waals surface area contributed by atoms with Crippen LogP contribution in [0.5, 0.6) is 5.75 Å². The first-order valence-electron chi connectivity index (χ1n) is 6.73. The van der Waals surface area contributed by atoms with Gasteiger partial charge in [-0.3, -0.25) is 5.43 Å². The van der Waals surface area contributed by atoms with Crippen LogP contribution in [-0.2, 0) is 0 Å². The van der Waals surface area contributed by atoms with E-state index in [1.807, 2.05) is 13.8 Å². The molecule has 122 valence electrons. The summed E-state index contributed by atoms with van der Waals surface area (Å²) in [7, 11) is -1.65. The molecule has 1 aromatic heterocycles. The molecule has 0 unspecified atom stereocenters. The average Bonchev–Trinajstić information content (AvgIpc) is 2.86. The van der Waals surface area contributed by atoms with Crippen LogP contribution in [0.3, 0.4) is 0 Å². The summed E-state index contributed by atoms with van der Waals surface area (Å²) in [6, 6.07) is 3.36. The quantitative estimate of drug-likeness (QED) is 0.332. The highest BCUT2D eigenvalue weighted by Gasteiger charge is 2.21. The molecule has 0 radical (unpaired) electrons. The third-order valence-electron chi connectivity index (χ3n) is 2.62. The minimum atomic E-state index is -1.65. The Balaban J connectivity index is 2.22. The summed E-state index contributed by atoms with van der Waals surface area (Å²) in [4.78, 5) is 4.01. The van der Waals surface area contributed by atoms with Crippen LogP contribution in [0.15, 0.2) is 27.1 Å². The van der Waals surface area contributed by atoms with Crippen molar-refractivity contribution in [3.05, 3.63) is 27.5 Å². The molecule has 2 rings (SSSR count). The number of anilines is 2. The maximum atomic E-state index is 9.54. The molecule has 1 aromatic carbocycles. The molecular formula is C13H16BBrN4O3S. The molecule has 0 amide bonds. The zero-order valence-corrected chi connectivity index (χ0v) is 14.9. The number of nitrogens with zero attached hydrogens (tertiary/aromatic N) is 2. The van der Waals surface area contributed by atoms with Crippen molar-refractivity contribution in [2.75, 3.05) is 11.2 Å². The molecule has 2 aromatic rings. The molecule has 1 heterocycles.